The molecule has 0 bridgehead atoms. The van der Waals surface area contributed by atoms with Gasteiger partial charge in [-0.1, -0.05) is 295 Å². The number of allylic oxidation sites excluding steroid dienone is 4. The number of unbranched alkanes of at least 4 members (excludes halogenated alkanes) is 42. The monoisotopic (exact) mass is 932 g/mol. The van der Waals surface area contributed by atoms with Crippen molar-refractivity contribution in [3.05, 3.63) is 24.3 Å². The molecule has 4 atom stereocenters. The Balaban J connectivity index is 3.47. The van der Waals surface area contributed by atoms with E-state index in [2.05, 4.69) is 43.5 Å². The highest BCUT2D eigenvalue weighted by Crippen LogP contribution is 2.18. The van der Waals surface area contributed by atoms with E-state index in [-0.39, 0.29) is 0 Å². The summed E-state index contributed by atoms with van der Waals surface area (Å²) in [4.78, 5) is 12.6. The predicted octanol–water partition coefficient (Wildman–Crippen LogP) is 17.4. The first-order valence-corrected chi connectivity index (χ1v) is 29.7. The summed E-state index contributed by atoms with van der Waals surface area (Å²) in [5.41, 5.74) is 0. The lowest BCUT2D eigenvalue weighted by molar-refractivity contribution is -0.132. The number of nitrogens with one attached hydrogen (secondary N) is 1. The fourth-order valence-corrected chi connectivity index (χ4v) is 9.48. The molecule has 0 spiro atoms. The topological polar surface area (TPSA) is 110 Å². The molecule has 0 radical (unpaired) electrons. The molecule has 4 unspecified atom stereocenters. The third-order valence-corrected chi connectivity index (χ3v) is 14.1. The minimum Gasteiger partial charge on any atom is -0.394 e. The maximum Gasteiger partial charge on any atom is 0.249 e. The number of rotatable bonds is 55. The third-order valence-electron chi connectivity index (χ3n) is 14.1. The minimum atomic E-state index is -1.29. The van der Waals surface area contributed by atoms with Gasteiger partial charge in [0.15, 0.2) is 0 Å². The van der Waals surface area contributed by atoms with Crippen LogP contribution in [-0.4, -0.2) is 57.3 Å². The van der Waals surface area contributed by atoms with Gasteiger partial charge in [0.1, 0.15) is 12.2 Å². The maximum atomic E-state index is 12.6. The summed E-state index contributed by atoms with van der Waals surface area (Å²) in [6, 6.07) is -1.01. The van der Waals surface area contributed by atoms with E-state index in [0.717, 1.165) is 44.9 Å². The van der Waals surface area contributed by atoms with Crippen LogP contribution in [0.25, 0.3) is 0 Å². The molecule has 0 aromatic carbocycles. The quantitative estimate of drug-likeness (QED) is 0.0308. The van der Waals surface area contributed by atoms with Crippen LogP contribution in [0.2, 0.25) is 0 Å². The lowest BCUT2D eigenvalue weighted by atomic mass is 10.00. The molecule has 0 aliphatic rings. The standard InChI is InChI=1S/C60H117NO5/c1-3-5-7-9-11-13-15-17-18-19-20-21-22-23-24-25-26-27-28-29-30-31-32-33-34-35-36-37-38-39-40-41-42-44-46-48-50-52-54-58(64)60(66)61-56(55-62)59(65)57(63)53-51-49-47-45-43-16-14-12-10-8-6-4-2/h12,14,45,47,56-59,62-65H,3-11,13,15-44,46,48-55H2,1-2H3,(H,61,66)/b14-12+,47-45+. The largest absolute Gasteiger partial charge is 0.394 e. The van der Waals surface area contributed by atoms with Crippen molar-refractivity contribution >= 4 is 5.91 Å². The number of hydrogen-bond acceptors (Lipinski definition) is 5. The van der Waals surface area contributed by atoms with Gasteiger partial charge in [0.2, 0.25) is 5.91 Å². The fourth-order valence-electron chi connectivity index (χ4n) is 9.48. The van der Waals surface area contributed by atoms with E-state index in [4.69, 9.17) is 0 Å². The zero-order valence-electron chi connectivity index (χ0n) is 44.5. The van der Waals surface area contributed by atoms with Crippen LogP contribution in [0, 0.1) is 0 Å². The highest BCUT2D eigenvalue weighted by atomic mass is 16.3. The number of amides is 1. The van der Waals surface area contributed by atoms with Gasteiger partial charge in [-0.05, 0) is 51.4 Å². The van der Waals surface area contributed by atoms with Gasteiger partial charge < -0.3 is 25.7 Å². The molecule has 0 rings (SSSR count). The average molecular weight is 933 g/mol. The van der Waals surface area contributed by atoms with E-state index in [0.29, 0.717) is 19.3 Å². The van der Waals surface area contributed by atoms with Gasteiger partial charge in [-0.25, -0.2) is 0 Å². The highest BCUT2D eigenvalue weighted by Gasteiger charge is 2.28. The predicted molar refractivity (Wildman–Crippen MR) is 288 cm³/mol. The Hall–Kier alpha value is -1.21. The van der Waals surface area contributed by atoms with E-state index in [1.807, 2.05) is 0 Å². The summed E-state index contributed by atoms with van der Waals surface area (Å²) in [6.45, 7) is 4.02. The molecule has 0 aromatic rings. The third kappa shape index (κ3) is 47.8. The second kappa shape index (κ2) is 54.7. The first-order valence-electron chi connectivity index (χ1n) is 29.7. The van der Waals surface area contributed by atoms with Gasteiger partial charge in [0.25, 0.3) is 0 Å². The van der Waals surface area contributed by atoms with Crippen LogP contribution in [0.1, 0.15) is 322 Å². The van der Waals surface area contributed by atoms with Crippen molar-refractivity contribution in [2.24, 2.45) is 0 Å². The van der Waals surface area contributed by atoms with Crippen molar-refractivity contribution in [3.63, 3.8) is 0 Å². The average Bonchev–Trinajstić information content (AvgIpc) is 3.32. The maximum absolute atomic E-state index is 12.6. The Kier molecular flexibility index (Phi) is 53.7. The van der Waals surface area contributed by atoms with Crippen LogP contribution in [0.4, 0.5) is 0 Å². The van der Waals surface area contributed by atoms with Crippen LogP contribution in [-0.2, 0) is 4.79 Å². The molecule has 0 heterocycles. The molecule has 0 aromatic heterocycles. The van der Waals surface area contributed by atoms with Crippen molar-refractivity contribution < 1.29 is 25.2 Å². The van der Waals surface area contributed by atoms with Crippen LogP contribution >= 0.6 is 0 Å². The van der Waals surface area contributed by atoms with Crippen molar-refractivity contribution in [2.75, 3.05) is 6.61 Å². The van der Waals surface area contributed by atoms with E-state index < -0.39 is 36.9 Å². The van der Waals surface area contributed by atoms with Crippen molar-refractivity contribution in [1.82, 2.24) is 5.32 Å². The molecule has 0 saturated heterocycles. The van der Waals surface area contributed by atoms with Gasteiger partial charge in [0, 0.05) is 0 Å². The Morgan fingerprint density at radius 2 is 0.636 bits per heavy atom. The molecular formula is C60H117NO5. The van der Waals surface area contributed by atoms with Gasteiger partial charge in [-0.15, -0.1) is 0 Å². The van der Waals surface area contributed by atoms with Gasteiger partial charge in [-0.3, -0.25) is 4.79 Å². The molecule has 0 saturated carbocycles. The van der Waals surface area contributed by atoms with Gasteiger partial charge in [-0.2, -0.15) is 0 Å². The number of aliphatic hydroxyl groups is 4. The summed E-state index contributed by atoms with van der Waals surface area (Å²) in [5, 5.41) is 43.7. The molecule has 6 heteroatoms. The Bertz CT molecular complexity index is 1000. The lowest BCUT2D eigenvalue weighted by Crippen LogP contribution is -2.53. The molecule has 66 heavy (non-hydrogen) atoms. The zero-order valence-corrected chi connectivity index (χ0v) is 44.5. The van der Waals surface area contributed by atoms with Gasteiger partial charge in [0.05, 0.1) is 18.8 Å². The number of hydrogen-bond donors (Lipinski definition) is 5. The SMILES string of the molecule is CCCCC/C=C/CC/C=C/CCCC(O)C(O)C(CO)NC(=O)C(O)CCCCCCCCCCCCCCCCCCCCCCCCCCCCCCCCCCCCCCCC. The second-order valence-electron chi connectivity index (χ2n) is 20.7. The lowest BCUT2D eigenvalue weighted by Gasteiger charge is -2.27. The summed E-state index contributed by atoms with van der Waals surface area (Å²) in [6.07, 6.45) is 67.3. The second-order valence-corrected chi connectivity index (χ2v) is 20.7. The van der Waals surface area contributed by atoms with E-state index in [1.165, 1.54) is 244 Å². The molecule has 0 aliphatic carbocycles. The Labute approximate surface area is 412 Å². The number of carbonyl (C=O) groups is 1. The highest BCUT2D eigenvalue weighted by molar-refractivity contribution is 5.80. The summed E-state index contributed by atoms with van der Waals surface area (Å²) in [7, 11) is 0. The van der Waals surface area contributed by atoms with E-state index >= 15 is 0 Å². The van der Waals surface area contributed by atoms with E-state index in [1.54, 1.807) is 0 Å². The molecular weight excluding hydrogens is 815 g/mol. The summed E-state index contributed by atoms with van der Waals surface area (Å²) in [5.74, 6) is -0.593. The van der Waals surface area contributed by atoms with Crippen molar-refractivity contribution in [2.45, 2.75) is 346 Å². The smallest absolute Gasteiger partial charge is 0.249 e. The normalized spacial score (nSPS) is 13.8. The summed E-state index contributed by atoms with van der Waals surface area (Å²) < 4.78 is 0. The van der Waals surface area contributed by atoms with Crippen LogP contribution in [0.3, 0.4) is 0 Å². The van der Waals surface area contributed by atoms with Crippen LogP contribution in [0.15, 0.2) is 24.3 Å². The number of carbonyl (C=O) groups excluding carboxylic acids is 1. The van der Waals surface area contributed by atoms with Crippen LogP contribution in [0.5, 0.6) is 0 Å². The zero-order chi connectivity index (χ0) is 48.1. The fraction of sp³-hybridized carbons (Fsp3) is 0.917. The van der Waals surface area contributed by atoms with E-state index in [9.17, 15) is 25.2 Å². The molecule has 0 fully saturated rings. The first-order chi connectivity index (χ1) is 32.5. The Morgan fingerprint density at radius 1 is 0.364 bits per heavy atom. The molecule has 1 amide bonds. The molecule has 0 aliphatic heterocycles. The first kappa shape index (κ1) is 64.8. The van der Waals surface area contributed by atoms with Crippen molar-refractivity contribution in [3.8, 4) is 0 Å². The van der Waals surface area contributed by atoms with Gasteiger partial charge >= 0.3 is 0 Å². The number of aliphatic hydroxyl groups excluding tert-OH is 4. The minimum absolute atomic E-state index is 0.364. The molecule has 5 N–H and O–H groups in total. The Morgan fingerprint density at radius 3 is 0.955 bits per heavy atom. The van der Waals surface area contributed by atoms with Crippen molar-refractivity contribution in [1.29, 1.82) is 0 Å². The molecule has 392 valence electrons. The summed E-state index contributed by atoms with van der Waals surface area (Å²) >= 11 is 0. The molecule has 6 nitrogen and oxygen atoms in total. The van der Waals surface area contributed by atoms with Crippen LogP contribution < -0.4 is 5.32 Å².